The molecule has 2 amide bonds. The van der Waals surface area contributed by atoms with E-state index in [4.69, 9.17) is 4.74 Å². The summed E-state index contributed by atoms with van der Waals surface area (Å²) in [7, 11) is 1.32. The Bertz CT molecular complexity index is 607. The highest BCUT2D eigenvalue weighted by atomic mass is 32.1. The van der Waals surface area contributed by atoms with Gasteiger partial charge in [0.15, 0.2) is 5.13 Å². The molecule has 0 spiro atoms. The third-order valence-electron chi connectivity index (χ3n) is 2.69. The van der Waals surface area contributed by atoms with Crippen molar-refractivity contribution in [3.63, 3.8) is 0 Å². The molecule has 0 radical (unpaired) electrons. The van der Waals surface area contributed by atoms with Crippen molar-refractivity contribution in [3.05, 3.63) is 10.6 Å². The highest BCUT2D eigenvalue weighted by Crippen LogP contribution is 2.23. The first-order valence-electron chi connectivity index (χ1n) is 7.40. The number of hydrogen-bond acceptors (Lipinski definition) is 7. The fourth-order valence-corrected chi connectivity index (χ4v) is 2.59. The molecule has 9 heteroatoms. The Kier molecular flexibility index (Phi) is 7.15. The van der Waals surface area contributed by atoms with Crippen LogP contribution in [0.4, 0.5) is 9.93 Å². The number of anilines is 1. The fraction of sp³-hybridized carbons (Fsp3) is 0.600. The summed E-state index contributed by atoms with van der Waals surface area (Å²) in [6.45, 7) is 7.19. The maximum atomic E-state index is 11.8. The monoisotopic (exact) mass is 357 g/mol. The van der Waals surface area contributed by atoms with Gasteiger partial charge < -0.3 is 20.1 Å². The number of nitrogens with one attached hydrogen (secondary N) is 2. The van der Waals surface area contributed by atoms with Crippen LogP contribution in [0, 0.1) is 6.92 Å². The lowest BCUT2D eigenvalue weighted by Crippen LogP contribution is -2.34. The summed E-state index contributed by atoms with van der Waals surface area (Å²) < 4.78 is 9.68. The van der Waals surface area contributed by atoms with E-state index in [-0.39, 0.29) is 31.3 Å². The van der Waals surface area contributed by atoms with Gasteiger partial charge in [-0.2, -0.15) is 0 Å². The Morgan fingerprint density at radius 3 is 2.50 bits per heavy atom. The van der Waals surface area contributed by atoms with Crippen LogP contribution in [0.1, 0.15) is 37.8 Å². The lowest BCUT2D eigenvalue weighted by atomic mass is 10.2. The number of aromatic nitrogens is 1. The molecule has 1 rings (SSSR count). The molecule has 0 bridgehead atoms. The number of methoxy groups -OCH3 is 1. The number of ether oxygens (including phenoxy) is 2. The molecule has 0 fully saturated rings. The normalized spacial score (nSPS) is 10.9. The van der Waals surface area contributed by atoms with E-state index in [1.165, 1.54) is 18.4 Å². The van der Waals surface area contributed by atoms with Crippen LogP contribution in [0.25, 0.3) is 0 Å². The molecule has 1 aromatic rings. The van der Waals surface area contributed by atoms with Crippen LogP contribution >= 0.6 is 11.3 Å². The average molecular weight is 357 g/mol. The molecule has 0 aliphatic heterocycles. The highest BCUT2D eigenvalue weighted by Gasteiger charge is 2.16. The second-order valence-electron chi connectivity index (χ2n) is 6.01. The third kappa shape index (κ3) is 7.40. The molecule has 0 atom stereocenters. The van der Waals surface area contributed by atoms with Crippen molar-refractivity contribution in [3.8, 4) is 0 Å². The van der Waals surface area contributed by atoms with E-state index in [9.17, 15) is 14.4 Å². The zero-order valence-electron chi connectivity index (χ0n) is 14.5. The van der Waals surface area contributed by atoms with Gasteiger partial charge in [-0.3, -0.25) is 9.59 Å². The van der Waals surface area contributed by atoms with E-state index < -0.39 is 11.7 Å². The molecule has 0 aliphatic carbocycles. The molecule has 0 aliphatic rings. The number of carbonyl (C=O) groups excluding carboxylic acids is 3. The first-order valence-corrected chi connectivity index (χ1v) is 8.22. The Morgan fingerprint density at radius 2 is 1.92 bits per heavy atom. The number of nitrogens with zero attached hydrogens (tertiary/aromatic N) is 1. The van der Waals surface area contributed by atoms with E-state index in [1.807, 2.05) is 0 Å². The van der Waals surface area contributed by atoms with Gasteiger partial charge in [-0.15, -0.1) is 11.3 Å². The molecular formula is C15H23N3O5S. The van der Waals surface area contributed by atoms with Crippen molar-refractivity contribution in [2.24, 2.45) is 0 Å². The Hall–Kier alpha value is -2.16. The minimum Gasteiger partial charge on any atom is -0.469 e. The summed E-state index contributed by atoms with van der Waals surface area (Å²) in [6, 6.07) is 0. The van der Waals surface area contributed by atoms with Crippen molar-refractivity contribution in [2.75, 3.05) is 19.0 Å². The summed E-state index contributed by atoms with van der Waals surface area (Å²) >= 11 is 1.22. The smallest absolute Gasteiger partial charge is 0.407 e. The van der Waals surface area contributed by atoms with Crippen LogP contribution in [0.2, 0.25) is 0 Å². The van der Waals surface area contributed by atoms with Gasteiger partial charge in [-0.05, 0) is 27.7 Å². The molecule has 0 saturated carbocycles. The van der Waals surface area contributed by atoms with Crippen LogP contribution in [-0.2, 0) is 25.5 Å². The molecule has 1 heterocycles. The van der Waals surface area contributed by atoms with Crippen LogP contribution in [0.3, 0.4) is 0 Å². The maximum Gasteiger partial charge on any atom is 0.407 e. The molecule has 8 nitrogen and oxygen atoms in total. The van der Waals surface area contributed by atoms with Crippen LogP contribution in [-0.4, -0.2) is 42.2 Å². The van der Waals surface area contributed by atoms with E-state index >= 15 is 0 Å². The number of hydrogen-bond donors (Lipinski definition) is 2. The maximum absolute atomic E-state index is 11.8. The number of rotatable bonds is 6. The summed E-state index contributed by atoms with van der Waals surface area (Å²) in [5.41, 5.74) is 0.0911. The van der Waals surface area contributed by atoms with E-state index in [0.717, 1.165) is 4.88 Å². The van der Waals surface area contributed by atoms with E-state index in [2.05, 4.69) is 20.4 Å². The first-order chi connectivity index (χ1) is 11.1. The molecular weight excluding hydrogens is 334 g/mol. The van der Waals surface area contributed by atoms with Crippen molar-refractivity contribution >= 4 is 34.4 Å². The third-order valence-corrected chi connectivity index (χ3v) is 3.76. The Labute approximate surface area is 144 Å². The predicted molar refractivity (Wildman–Crippen MR) is 90.1 cm³/mol. The minimum absolute atomic E-state index is 0.0875. The zero-order chi connectivity index (χ0) is 18.3. The second-order valence-corrected chi connectivity index (χ2v) is 7.09. The van der Waals surface area contributed by atoms with Gasteiger partial charge in [0.1, 0.15) is 5.60 Å². The molecule has 24 heavy (non-hydrogen) atoms. The fourth-order valence-electron chi connectivity index (χ4n) is 1.62. The van der Waals surface area contributed by atoms with Crippen LogP contribution < -0.4 is 10.6 Å². The van der Waals surface area contributed by atoms with Gasteiger partial charge in [0.2, 0.25) is 5.91 Å². The second kappa shape index (κ2) is 8.62. The molecule has 0 saturated heterocycles. The largest absolute Gasteiger partial charge is 0.469 e. The lowest BCUT2D eigenvalue weighted by molar-refractivity contribution is -0.139. The minimum atomic E-state index is -0.583. The van der Waals surface area contributed by atoms with E-state index in [1.54, 1.807) is 27.7 Å². The number of thiazole rings is 1. The molecule has 0 aromatic carbocycles. The first kappa shape index (κ1) is 19.9. The predicted octanol–water partition coefficient (Wildman–Crippen LogP) is 2.02. The molecule has 2 N–H and O–H groups in total. The summed E-state index contributed by atoms with van der Waals surface area (Å²) in [5.74, 6) is -0.648. The number of carbonyl (C=O) groups is 3. The average Bonchev–Trinajstić information content (AvgIpc) is 2.76. The van der Waals surface area contributed by atoms with Crippen LogP contribution in [0.5, 0.6) is 0 Å². The number of amides is 2. The van der Waals surface area contributed by atoms with Gasteiger partial charge in [0, 0.05) is 17.8 Å². The van der Waals surface area contributed by atoms with Crippen molar-refractivity contribution in [2.45, 2.75) is 46.1 Å². The highest BCUT2D eigenvalue weighted by molar-refractivity contribution is 7.16. The molecule has 0 unspecified atom stereocenters. The summed E-state index contributed by atoms with van der Waals surface area (Å²) in [5, 5.41) is 5.56. The Balaban J connectivity index is 2.42. The van der Waals surface area contributed by atoms with Gasteiger partial charge in [0.05, 0.1) is 19.2 Å². The van der Waals surface area contributed by atoms with Gasteiger partial charge >= 0.3 is 12.1 Å². The van der Waals surface area contributed by atoms with Gasteiger partial charge in [-0.25, -0.2) is 9.78 Å². The SMILES string of the molecule is COC(=O)Cc1sc(NC(=O)CCNC(=O)OC(C)(C)C)nc1C. The summed E-state index contributed by atoms with van der Waals surface area (Å²) in [6.07, 6.45) is -0.360. The van der Waals surface area contributed by atoms with Crippen LogP contribution in [0.15, 0.2) is 0 Å². The summed E-state index contributed by atoms with van der Waals surface area (Å²) in [4.78, 5) is 39.5. The quantitative estimate of drug-likeness (QED) is 0.754. The number of alkyl carbamates (subject to hydrolysis) is 1. The van der Waals surface area contributed by atoms with Crippen molar-refractivity contribution in [1.29, 1.82) is 0 Å². The zero-order valence-corrected chi connectivity index (χ0v) is 15.3. The number of esters is 1. The van der Waals surface area contributed by atoms with E-state index in [0.29, 0.717) is 10.8 Å². The van der Waals surface area contributed by atoms with Gasteiger partial charge in [0.25, 0.3) is 0 Å². The number of aryl methyl sites for hydroxylation is 1. The Morgan fingerprint density at radius 1 is 1.25 bits per heavy atom. The standard InChI is InChI=1S/C15H23N3O5S/c1-9-10(8-12(20)22-5)24-13(17-9)18-11(19)6-7-16-14(21)23-15(2,3)4/h6-8H2,1-5H3,(H,16,21)(H,17,18,19). The molecule has 134 valence electrons. The topological polar surface area (TPSA) is 107 Å². The van der Waals surface area contributed by atoms with Gasteiger partial charge in [-0.1, -0.05) is 0 Å². The van der Waals surface area contributed by atoms with Crippen molar-refractivity contribution in [1.82, 2.24) is 10.3 Å². The van der Waals surface area contributed by atoms with Crippen molar-refractivity contribution < 1.29 is 23.9 Å². The molecule has 1 aromatic heterocycles. The lowest BCUT2D eigenvalue weighted by Gasteiger charge is -2.19.